The highest BCUT2D eigenvalue weighted by Crippen LogP contribution is 2.37. The van der Waals surface area contributed by atoms with E-state index in [0.717, 1.165) is 27.9 Å². The van der Waals surface area contributed by atoms with Crippen LogP contribution < -0.4 is 10.1 Å². The molecule has 3 heterocycles. The number of halogens is 1. The smallest absolute Gasteiger partial charge is 0.158 e. The molecular weight excluding hydrogens is 380 g/mol. The Morgan fingerprint density at radius 1 is 1.04 bits per heavy atom. The van der Waals surface area contributed by atoms with Crippen LogP contribution in [0.2, 0.25) is 5.02 Å². The maximum absolute atomic E-state index is 6.46. The zero-order chi connectivity index (χ0) is 18.2. The number of hydrogen-bond acceptors (Lipinski definition) is 5. The van der Waals surface area contributed by atoms with E-state index in [0.29, 0.717) is 16.6 Å². The molecule has 0 aliphatic rings. The highest BCUT2D eigenvalue weighted by atomic mass is 35.5. The van der Waals surface area contributed by atoms with Gasteiger partial charge in [0.05, 0.1) is 10.5 Å². The van der Waals surface area contributed by atoms with Crippen LogP contribution >= 0.6 is 22.9 Å². The molecule has 0 saturated heterocycles. The van der Waals surface area contributed by atoms with Gasteiger partial charge in [-0.15, -0.1) is 11.3 Å². The number of benzene rings is 2. The molecular formula is C20H13ClN4OS. The van der Waals surface area contributed by atoms with Crippen LogP contribution in [0.15, 0.2) is 66.4 Å². The lowest BCUT2D eigenvalue weighted by Gasteiger charge is -2.11. The molecule has 0 aliphatic carbocycles. The van der Waals surface area contributed by atoms with Gasteiger partial charge in [0.15, 0.2) is 5.82 Å². The highest BCUT2D eigenvalue weighted by molar-refractivity contribution is 7.17. The van der Waals surface area contributed by atoms with E-state index in [2.05, 4.69) is 37.8 Å². The lowest BCUT2D eigenvalue weighted by Crippen LogP contribution is -1.96. The largest absolute Gasteiger partial charge is 0.455 e. The number of nitrogens with one attached hydrogen (secondary N) is 2. The van der Waals surface area contributed by atoms with Crippen molar-refractivity contribution in [3.05, 3.63) is 71.5 Å². The van der Waals surface area contributed by atoms with Gasteiger partial charge >= 0.3 is 0 Å². The van der Waals surface area contributed by atoms with Crippen molar-refractivity contribution in [2.45, 2.75) is 0 Å². The molecule has 0 unspecified atom stereocenters. The molecule has 132 valence electrons. The van der Waals surface area contributed by atoms with E-state index in [1.165, 1.54) is 11.0 Å². The van der Waals surface area contributed by atoms with Gasteiger partial charge in [0.2, 0.25) is 0 Å². The lowest BCUT2D eigenvalue weighted by molar-refractivity contribution is 0.489. The van der Waals surface area contributed by atoms with Gasteiger partial charge in [-0.1, -0.05) is 17.7 Å². The van der Waals surface area contributed by atoms with E-state index in [-0.39, 0.29) is 0 Å². The van der Waals surface area contributed by atoms with E-state index < -0.39 is 0 Å². The fourth-order valence-corrected chi connectivity index (χ4v) is 3.96. The van der Waals surface area contributed by atoms with Crippen LogP contribution in [-0.2, 0) is 0 Å². The number of aromatic amines is 1. The Labute approximate surface area is 163 Å². The number of fused-ring (bicyclic) bond motifs is 2. The van der Waals surface area contributed by atoms with E-state index in [1.54, 1.807) is 11.3 Å². The van der Waals surface area contributed by atoms with Crippen LogP contribution in [0.25, 0.3) is 21.1 Å². The van der Waals surface area contributed by atoms with Crippen LogP contribution in [0.3, 0.4) is 0 Å². The first kappa shape index (κ1) is 16.1. The minimum atomic E-state index is 0.518. The summed E-state index contributed by atoms with van der Waals surface area (Å²) in [6.45, 7) is 0. The average molecular weight is 393 g/mol. The average Bonchev–Trinajstić information content (AvgIpc) is 3.34. The van der Waals surface area contributed by atoms with Crippen molar-refractivity contribution in [2.24, 2.45) is 0 Å². The molecule has 0 aliphatic heterocycles. The van der Waals surface area contributed by atoms with Crippen molar-refractivity contribution in [3.8, 4) is 11.5 Å². The summed E-state index contributed by atoms with van der Waals surface area (Å²) in [5, 5.41) is 6.92. The first-order valence-corrected chi connectivity index (χ1v) is 9.52. The summed E-state index contributed by atoms with van der Waals surface area (Å²) in [5.74, 6) is 2.09. The van der Waals surface area contributed by atoms with E-state index >= 15 is 0 Å². The fourth-order valence-electron chi connectivity index (χ4n) is 2.94. The van der Waals surface area contributed by atoms with Crippen molar-refractivity contribution in [2.75, 3.05) is 5.32 Å². The molecule has 0 saturated carbocycles. The molecule has 0 amide bonds. The molecule has 5 nitrogen and oxygen atoms in total. The van der Waals surface area contributed by atoms with Crippen molar-refractivity contribution in [3.63, 3.8) is 0 Å². The van der Waals surface area contributed by atoms with Crippen LogP contribution in [0.5, 0.6) is 11.5 Å². The topological polar surface area (TPSA) is 62.8 Å². The highest BCUT2D eigenvalue weighted by Gasteiger charge is 2.10. The Hall–Kier alpha value is -3.09. The summed E-state index contributed by atoms with van der Waals surface area (Å²) in [6, 6.07) is 15.5. The quantitative estimate of drug-likeness (QED) is 0.373. The van der Waals surface area contributed by atoms with Crippen LogP contribution in [0.4, 0.5) is 11.5 Å². The number of thiophene rings is 1. The molecule has 3 aromatic heterocycles. The van der Waals surface area contributed by atoms with Gasteiger partial charge < -0.3 is 15.0 Å². The number of ether oxygens (including phenoxy) is 1. The van der Waals surface area contributed by atoms with Crippen molar-refractivity contribution < 1.29 is 4.74 Å². The minimum absolute atomic E-state index is 0.518. The second-order valence-corrected chi connectivity index (χ2v) is 7.28. The second-order valence-electron chi connectivity index (χ2n) is 5.92. The number of nitrogens with zero attached hydrogens (tertiary/aromatic N) is 2. The predicted octanol–water partition coefficient (Wildman–Crippen LogP) is 6.36. The van der Waals surface area contributed by atoms with E-state index in [9.17, 15) is 0 Å². The van der Waals surface area contributed by atoms with Crippen LogP contribution in [-0.4, -0.2) is 15.0 Å². The molecule has 0 spiro atoms. The Bertz CT molecular complexity index is 1260. The third-order valence-corrected chi connectivity index (χ3v) is 5.39. The summed E-state index contributed by atoms with van der Waals surface area (Å²) in [5.41, 5.74) is 2.51. The molecule has 5 rings (SSSR count). The number of H-pyrrole nitrogens is 1. The summed E-state index contributed by atoms with van der Waals surface area (Å²) in [7, 11) is 0. The van der Waals surface area contributed by atoms with Gasteiger partial charge in [0.25, 0.3) is 0 Å². The molecule has 5 aromatic rings. The minimum Gasteiger partial charge on any atom is -0.455 e. The van der Waals surface area contributed by atoms with E-state index in [1.807, 2.05) is 42.6 Å². The first-order valence-electron chi connectivity index (χ1n) is 8.27. The summed E-state index contributed by atoms with van der Waals surface area (Å²) < 4.78 is 7.24. The molecule has 0 fully saturated rings. The Morgan fingerprint density at radius 2 is 2.00 bits per heavy atom. The maximum Gasteiger partial charge on any atom is 0.158 e. The van der Waals surface area contributed by atoms with Gasteiger partial charge in [0.1, 0.15) is 23.3 Å². The molecule has 0 bridgehead atoms. The molecule has 0 radical (unpaired) electrons. The third-order valence-electron chi connectivity index (χ3n) is 4.22. The summed E-state index contributed by atoms with van der Waals surface area (Å²) in [4.78, 5) is 11.6. The zero-order valence-corrected chi connectivity index (χ0v) is 15.5. The number of anilines is 2. The van der Waals surface area contributed by atoms with Crippen molar-refractivity contribution in [1.82, 2.24) is 15.0 Å². The van der Waals surface area contributed by atoms with Crippen LogP contribution in [0, 0.1) is 0 Å². The van der Waals surface area contributed by atoms with Gasteiger partial charge in [-0.3, -0.25) is 0 Å². The van der Waals surface area contributed by atoms with Gasteiger partial charge in [-0.2, -0.15) is 0 Å². The van der Waals surface area contributed by atoms with Crippen molar-refractivity contribution in [1.29, 1.82) is 0 Å². The molecule has 27 heavy (non-hydrogen) atoms. The Balaban J connectivity index is 1.44. The predicted molar refractivity (Wildman–Crippen MR) is 111 cm³/mol. The van der Waals surface area contributed by atoms with Gasteiger partial charge in [0, 0.05) is 22.0 Å². The maximum atomic E-state index is 6.46. The van der Waals surface area contributed by atoms with Crippen molar-refractivity contribution >= 4 is 55.6 Å². The van der Waals surface area contributed by atoms with E-state index in [4.69, 9.17) is 16.3 Å². The van der Waals surface area contributed by atoms with Gasteiger partial charge in [-0.25, -0.2) is 9.97 Å². The molecule has 2 aromatic carbocycles. The first-order chi connectivity index (χ1) is 13.3. The summed E-state index contributed by atoms with van der Waals surface area (Å²) >= 11 is 8.15. The normalized spacial score (nSPS) is 11.1. The monoisotopic (exact) mass is 392 g/mol. The third kappa shape index (κ3) is 2.99. The standard InChI is InChI=1S/C20H13ClN4OS/c21-14-10-12(25-20-19-15(6-8-22-19)23-11-24-20)4-5-17(14)26-16-2-1-3-18-13(16)7-9-27-18/h1-11,22H,(H,23,24,25). The fraction of sp³-hybridized carbons (Fsp3) is 0. The van der Waals surface area contributed by atoms with Gasteiger partial charge in [-0.05, 0) is 47.8 Å². The molecule has 0 atom stereocenters. The Morgan fingerprint density at radius 3 is 2.93 bits per heavy atom. The summed E-state index contributed by atoms with van der Waals surface area (Å²) in [6.07, 6.45) is 3.36. The lowest BCUT2D eigenvalue weighted by atomic mass is 10.2. The number of rotatable bonds is 4. The Kier molecular flexibility index (Phi) is 3.92. The number of aromatic nitrogens is 3. The molecule has 7 heteroatoms. The second kappa shape index (κ2) is 6.57. The molecule has 2 N–H and O–H groups in total. The zero-order valence-electron chi connectivity index (χ0n) is 13.9. The number of hydrogen-bond donors (Lipinski definition) is 2. The van der Waals surface area contributed by atoms with Crippen LogP contribution in [0.1, 0.15) is 0 Å². The SMILES string of the molecule is Clc1cc(Nc2ncnc3cc[nH]c23)ccc1Oc1cccc2sccc12.